The highest BCUT2D eigenvalue weighted by atomic mass is 16.5. The lowest BCUT2D eigenvalue weighted by Gasteiger charge is -2.16. The summed E-state index contributed by atoms with van der Waals surface area (Å²) in [7, 11) is 1.89. The van der Waals surface area contributed by atoms with Crippen molar-refractivity contribution in [2.75, 3.05) is 6.54 Å². The normalized spacial score (nSPS) is 11.8. The summed E-state index contributed by atoms with van der Waals surface area (Å²) >= 11 is 0. The van der Waals surface area contributed by atoms with E-state index in [9.17, 15) is 4.79 Å². The second-order valence-electron chi connectivity index (χ2n) is 5.26. The van der Waals surface area contributed by atoms with Crippen molar-refractivity contribution in [2.45, 2.75) is 26.5 Å². The number of hydrogen-bond donors (Lipinski definition) is 2. The second-order valence-corrected chi connectivity index (χ2v) is 5.26. The number of imidazole rings is 1. The Kier molecular flexibility index (Phi) is 5.41. The maximum absolute atomic E-state index is 11.7. The van der Waals surface area contributed by atoms with Gasteiger partial charge in [-0.05, 0) is 31.5 Å². The molecule has 2 N–H and O–H groups in total. The molecule has 0 saturated heterocycles. The van der Waals surface area contributed by atoms with Crippen molar-refractivity contribution < 1.29 is 9.53 Å². The van der Waals surface area contributed by atoms with Crippen LogP contribution in [0, 0.1) is 6.92 Å². The maximum atomic E-state index is 11.7. The number of rotatable bonds is 6. The van der Waals surface area contributed by atoms with E-state index in [-0.39, 0.29) is 12.1 Å². The zero-order valence-electron chi connectivity index (χ0n) is 13.2. The van der Waals surface area contributed by atoms with Crippen LogP contribution >= 0.6 is 0 Å². The lowest BCUT2D eigenvalue weighted by Crippen LogP contribution is -2.40. The molecule has 6 nitrogen and oxygen atoms in total. The highest BCUT2D eigenvalue weighted by molar-refractivity contribution is 5.73. The van der Waals surface area contributed by atoms with Gasteiger partial charge in [0, 0.05) is 19.4 Å². The van der Waals surface area contributed by atoms with Crippen LogP contribution in [0.5, 0.6) is 5.75 Å². The van der Waals surface area contributed by atoms with Gasteiger partial charge in [0.05, 0.1) is 13.1 Å². The third kappa shape index (κ3) is 4.80. The number of urea groups is 1. The summed E-state index contributed by atoms with van der Waals surface area (Å²) in [6, 6.07) is 7.61. The maximum Gasteiger partial charge on any atom is 0.315 e. The first-order valence-corrected chi connectivity index (χ1v) is 7.26. The predicted octanol–water partition coefficient (Wildman–Crippen LogP) is 2.00. The fraction of sp³-hybridized carbons (Fsp3) is 0.375. The smallest absolute Gasteiger partial charge is 0.315 e. The Morgan fingerprint density at radius 2 is 2.23 bits per heavy atom. The van der Waals surface area contributed by atoms with Crippen LogP contribution in [0.3, 0.4) is 0 Å². The summed E-state index contributed by atoms with van der Waals surface area (Å²) < 4.78 is 7.62. The minimum Gasteiger partial charge on any atom is -0.489 e. The molecular formula is C16H22N4O2. The van der Waals surface area contributed by atoms with Gasteiger partial charge in [-0.25, -0.2) is 9.78 Å². The number of aromatic nitrogens is 2. The van der Waals surface area contributed by atoms with Gasteiger partial charge in [0.15, 0.2) is 0 Å². The molecule has 0 fully saturated rings. The fourth-order valence-corrected chi connectivity index (χ4v) is 1.99. The van der Waals surface area contributed by atoms with Crippen molar-refractivity contribution >= 4 is 6.03 Å². The fourth-order valence-electron chi connectivity index (χ4n) is 1.99. The molecule has 22 heavy (non-hydrogen) atoms. The van der Waals surface area contributed by atoms with Crippen LogP contribution in [0.4, 0.5) is 4.79 Å². The molecule has 2 rings (SSSR count). The van der Waals surface area contributed by atoms with Gasteiger partial charge >= 0.3 is 6.03 Å². The lowest BCUT2D eigenvalue weighted by molar-refractivity contribution is 0.207. The van der Waals surface area contributed by atoms with Crippen LogP contribution in [0.15, 0.2) is 36.7 Å². The summed E-state index contributed by atoms with van der Waals surface area (Å²) in [6.07, 6.45) is 3.43. The molecule has 6 heteroatoms. The molecule has 1 heterocycles. The number of benzene rings is 1. The number of carbonyl (C=O) groups excluding carboxylic acids is 1. The third-order valence-electron chi connectivity index (χ3n) is 3.20. The minimum absolute atomic E-state index is 0.110. The van der Waals surface area contributed by atoms with Crippen molar-refractivity contribution in [3.05, 3.63) is 48.0 Å². The quantitative estimate of drug-likeness (QED) is 0.857. The van der Waals surface area contributed by atoms with Crippen molar-refractivity contribution in [3.8, 4) is 5.75 Å². The molecule has 0 spiro atoms. The first-order valence-electron chi connectivity index (χ1n) is 7.26. The molecule has 0 radical (unpaired) electrons. The summed E-state index contributed by atoms with van der Waals surface area (Å²) in [5.74, 6) is 1.61. The minimum atomic E-state index is -0.234. The zero-order chi connectivity index (χ0) is 15.9. The van der Waals surface area contributed by atoms with Crippen LogP contribution in [-0.2, 0) is 13.6 Å². The Labute approximate surface area is 130 Å². The van der Waals surface area contributed by atoms with E-state index in [0.29, 0.717) is 13.1 Å². The van der Waals surface area contributed by atoms with Gasteiger partial charge < -0.3 is 19.9 Å². The van der Waals surface area contributed by atoms with E-state index in [1.54, 1.807) is 6.20 Å². The van der Waals surface area contributed by atoms with Gasteiger partial charge in [0.2, 0.25) is 0 Å². The largest absolute Gasteiger partial charge is 0.489 e. The van der Waals surface area contributed by atoms with E-state index in [0.717, 1.165) is 17.1 Å². The molecule has 2 aromatic rings. The molecule has 0 saturated carbocycles. The van der Waals surface area contributed by atoms with Crippen LogP contribution in [0.25, 0.3) is 0 Å². The molecule has 1 aromatic carbocycles. The average Bonchev–Trinajstić information content (AvgIpc) is 2.88. The molecule has 2 amide bonds. The Morgan fingerprint density at radius 1 is 1.41 bits per heavy atom. The first-order chi connectivity index (χ1) is 10.5. The van der Waals surface area contributed by atoms with Crippen molar-refractivity contribution in [1.82, 2.24) is 20.2 Å². The Balaban J connectivity index is 1.70. The Morgan fingerprint density at radius 3 is 2.91 bits per heavy atom. The molecule has 0 bridgehead atoms. The summed E-state index contributed by atoms with van der Waals surface area (Å²) in [5, 5.41) is 5.55. The van der Waals surface area contributed by atoms with E-state index >= 15 is 0 Å². The third-order valence-corrected chi connectivity index (χ3v) is 3.20. The van der Waals surface area contributed by atoms with Crippen molar-refractivity contribution in [2.24, 2.45) is 7.05 Å². The topological polar surface area (TPSA) is 68.2 Å². The number of nitrogens with zero attached hydrogens (tertiary/aromatic N) is 2. The van der Waals surface area contributed by atoms with Gasteiger partial charge in [0.25, 0.3) is 0 Å². The van der Waals surface area contributed by atoms with E-state index in [1.165, 1.54) is 0 Å². The van der Waals surface area contributed by atoms with Crippen molar-refractivity contribution in [1.29, 1.82) is 0 Å². The van der Waals surface area contributed by atoms with Crippen LogP contribution < -0.4 is 15.4 Å². The summed E-state index contributed by atoms with van der Waals surface area (Å²) in [5.41, 5.74) is 1.14. The van der Waals surface area contributed by atoms with Crippen LogP contribution in [0.1, 0.15) is 18.3 Å². The summed E-state index contributed by atoms with van der Waals surface area (Å²) in [6.45, 7) is 4.75. The molecule has 0 aliphatic rings. The van der Waals surface area contributed by atoms with Gasteiger partial charge in [0.1, 0.15) is 17.7 Å². The highest BCUT2D eigenvalue weighted by Gasteiger charge is 2.08. The number of amides is 2. The van der Waals surface area contributed by atoms with E-state index in [4.69, 9.17) is 4.74 Å². The van der Waals surface area contributed by atoms with E-state index < -0.39 is 0 Å². The molecular weight excluding hydrogens is 280 g/mol. The SMILES string of the molecule is Cc1cccc(O[C@@H](C)CNC(=O)NCc2nccn2C)c1. The number of hydrogen-bond acceptors (Lipinski definition) is 3. The van der Waals surface area contributed by atoms with Gasteiger partial charge in [-0.2, -0.15) is 0 Å². The predicted molar refractivity (Wildman–Crippen MR) is 84.7 cm³/mol. The van der Waals surface area contributed by atoms with E-state index in [1.807, 2.05) is 55.9 Å². The number of nitrogens with one attached hydrogen (secondary N) is 2. The molecule has 1 aromatic heterocycles. The standard InChI is InChI=1S/C16H22N4O2/c1-12-5-4-6-14(9-12)22-13(2)10-18-16(21)19-11-15-17-7-8-20(15)3/h4-9,13H,10-11H2,1-3H3,(H2,18,19,21)/t13-/m0/s1. The monoisotopic (exact) mass is 302 g/mol. The average molecular weight is 302 g/mol. The second kappa shape index (κ2) is 7.49. The lowest BCUT2D eigenvalue weighted by atomic mass is 10.2. The van der Waals surface area contributed by atoms with Crippen LogP contribution in [0.2, 0.25) is 0 Å². The molecule has 0 aliphatic heterocycles. The molecule has 118 valence electrons. The molecule has 0 aliphatic carbocycles. The van der Waals surface area contributed by atoms with Gasteiger partial charge in [-0.1, -0.05) is 12.1 Å². The number of aryl methyl sites for hydroxylation is 2. The number of carbonyl (C=O) groups is 1. The van der Waals surface area contributed by atoms with Crippen LogP contribution in [-0.4, -0.2) is 28.2 Å². The first kappa shape index (κ1) is 15.9. The number of ether oxygens (including phenoxy) is 1. The molecule has 1 atom stereocenters. The Hall–Kier alpha value is -2.50. The summed E-state index contributed by atoms with van der Waals surface area (Å²) in [4.78, 5) is 15.9. The highest BCUT2D eigenvalue weighted by Crippen LogP contribution is 2.13. The zero-order valence-corrected chi connectivity index (χ0v) is 13.2. The van der Waals surface area contributed by atoms with Crippen molar-refractivity contribution in [3.63, 3.8) is 0 Å². The van der Waals surface area contributed by atoms with Gasteiger partial charge in [-0.15, -0.1) is 0 Å². The Bertz CT molecular complexity index is 624. The molecule has 0 unspecified atom stereocenters. The van der Waals surface area contributed by atoms with E-state index in [2.05, 4.69) is 15.6 Å². The van der Waals surface area contributed by atoms with Gasteiger partial charge in [-0.3, -0.25) is 0 Å².